The minimum Gasteiger partial charge on any atom is -0.486 e. The largest absolute Gasteiger partial charge is 0.486 e. The van der Waals surface area contributed by atoms with E-state index in [-0.39, 0.29) is 46.4 Å². The van der Waals surface area contributed by atoms with Crippen molar-refractivity contribution in [3.63, 3.8) is 0 Å². The van der Waals surface area contributed by atoms with Gasteiger partial charge in [0.05, 0.1) is 17.7 Å². The van der Waals surface area contributed by atoms with Crippen LogP contribution in [0.3, 0.4) is 0 Å². The van der Waals surface area contributed by atoms with E-state index in [2.05, 4.69) is 0 Å². The second-order valence-corrected chi connectivity index (χ2v) is 9.06. The summed E-state index contributed by atoms with van der Waals surface area (Å²) in [6.45, 7) is -0.998. The van der Waals surface area contributed by atoms with Crippen LogP contribution in [0.1, 0.15) is 11.1 Å². The van der Waals surface area contributed by atoms with Gasteiger partial charge < -0.3 is 15.6 Å². The Morgan fingerprint density at radius 2 is 1.97 bits per heavy atom. The Morgan fingerprint density at radius 1 is 1.27 bits per heavy atom. The van der Waals surface area contributed by atoms with Crippen LogP contribution in [0.4, 0.5) is 4.39 Å². The Morgan fingerprint density at radius 3 is 2.57 bits per heavy atom. The maximum absolute atomic E-state index is 13.9. The number of benzene rings is 2. The number of hydrogen-bond donors (Lipinski definition) is 2. The fraction of sp³-hybridized carbons (Fsp3) is 0.263. The lowest BCUT2D eigenvalue weighted by atomic mass is 10.0. The summed E-state index contributed by atoms with van der Waals surface area (Å²) in [6, 6.07) is 10.8. The second-order valence-electron chi connectivity index (χ2n) is 6.72. The average molecular weight is 451 g/mol. The number of β-amino-alcohol motifs (C(OH)–C–C–N with tert-alkyl or cyclic N) is 1. The number of rotatable bonds is 5. The summed E-state index contributed by atoms with van der Waals surface area (Å²) in [7, 11) is -4.18. The van der Waals surface area contributed by atoms with Crippen LogP contribution in [-0.2, 0) is 10.0 Å². The van der Waals surface area contributed by atoms with Gasteiger partial charge in [-0.25, -0.2) is 12.8 Å². The first kappa shape index (κ1) is 22.0. The van der Waals surface area contributed by atoms with Gasteiger partial charge in [-0.1, -0.05) is 11.6 Å². The number of nitriles is 2. The molecule has 0 aliphatic carbocycles. The summed E-state index contributed by atoms with van der Waals surface area (Å²) < 4.78 is 46.6. The summed E-state index contributed by atoms with van der Waals surface area (Å²) in [5, 5.41) is 29.1. The molecule has 2 aromatic rings. The van der Waals surface area contributed by atoms with E-state index in [4.69, 9.17) is 27.3 Å². The summed E-state index contributed by atoms with van der Waals surface area (Å²) in [5.41, 5.74) is 3.59. The predicted molar refractivity (Wildman–Crippen MR) is 104 cm³/mol. The van der Waals surface area contributed by atoms with E-state index in [9.17, 15) is 23.2 Å². The van der Waals surface area contributed by atoms with Crippen LogP contribution in [0, 0.1) is 28.5 Å². The number of nitrogens with two attached hydrogens (primary N) is 1. The van der Waals surface area contributed by atoms with Crippen molar-refractivity contribution < 1.29 is 22.7 Å². The van der Waals surface area contributed by atoms with E-state index >= 15 is 0 Å². The van der Waals surface area contributed by atoms with Crippen LogP contribution in [-0.4, -0.2) is 49.2 Å². The van der Waals surface area contributed by atoms with Crippen molar-refractivity contribution in [3.05, 3.63) is 58.4 Å². The zero-order valence-corrected chi connectivity index (χ0v) is 17.0. The van der Waals surface area contributed by atoms with Crippen molar-refractivity contribution >= 4 is 21.6 Å². The summed E-state index contributed by atoms with van der Waals surface area (Å²) in [4.78, 5) is -0.265. The van der Waals surface area contributed by atoms with E-state index in [0.717, 1.165) is 10.4 Å². The summed E-state index contributed by atoms with van der Waals surface area (Å²) >= 11 is 5.83. The molecule has 0 aromatic heterocycles. The third kappa shape index (κ3) is 3.97. The van der Waals surface area contributed by atoms with Crippen molar-refractivity contribution in [2.75, 3.05) is 19.6 Å². The van der Waals surface area contributed by atoms with Gasteiger partial charge in [0.1, 0.15) is 40.3 Å². The van der Waals surface area contributed by atoms with Gasteiger partial charge in [-0.2, -0.15) is 14.8 Å². The highest BCUT2D eigenvalue weighted by molar-refractivity contribution is 7.89. The van der Waals surface area contributed by atoms with Crippen LogP contribution in [0.5, 0.6) is 5.75 Å². The molecule has 11 heteroatoms. The summed E-state index contributed by atoms with van der Waals surface area (Å²) in [5.74, 6) is -0.805. The molecular formula is C19H16ClFN4O4S. The van der Waals surface area contributed by atoms with Crippen molar-refractivity contribution in [1.82, 2.24) is 4.31 Å². The van der Waals surface area contributed by atoms with E-state index in [1.807, 2.05) is 0 Å². The number of aliphatic hydroxyl groups is 1. The maximum Gasteiger partial charge on any atom is 0.244 e. The minimum atomic E-state index is -4.18. The molecule has 156 valence electrons. The normalized spacial score (nSPS) is 21.7. The quantitative estimate of drug-likeness (QED) is 0.700. The average Bonchev–Trinajstić information content (AvgIpc) is 3.05. The van der Waals surface area contributed by atoms with Gasteiger partial charge in [0.15, 0.2) is 0 Å². The molecule has 0 amide bonds. The van der Waals surface area contributed by atoms with Gasteiger partial charge in [0.2, 0.25) is 10.0 Å². The highest BCUT2D eigenvalue weighted by atomic mass is 35.5. The topological polar surface area (TPSA) is 140 Å². The van der Waals surface area contributed by atoms with Gasteiger partial charge in [0.25, 0.3) is 0 Å². The number of sulfonamides is 1. The second kappa shape index (κ2) is 8.19. The van der Waals surface area contributed by atoms with E-state index in [0.29, 0.717) is 0 Å². The zero-order chi connectivity index (χ0) is 22.1. The fourth-order valence-corrected chi connectivity index (χ4v) is 4.93. The van der Waals surface area contributed by atoms with Crippen LogP contribution in [0.2, 0.25) is 5.02 Å². The van der Waals surface area contributed by atoms with Crippen molar-refractivity contribution in [3.8, 4) is 17.9 Å². The highest BCUT2D eigenvalue weighted by Gasteiger charge is 2.50. The van der Waals surface area contributed by atoms with Crippen molar-refractivity contribution in [2.24, 2.45) is 5.73 Å². The Kier molecular flexibility index (Phi) is 5.99. The van der Waals surface area contributed by atoms with Gasteiger partial charge in [-0.05, 0) is 30.3 Å². The molecule has 1 saturated heterocycles. The van der Waals surface area contributed by atoms with E-state index in [1.54, 1.807) is 12.1 Å². The molecule has 2 aromatic carbocycles. The first-order valence-electron chi connectivity index (χ1n) is 8.63. The molecule has 1 aliphatic heterocycles. The number of hydrogen-bond acceptors (Lipinski definition) is 7. The highest BCUT2D eigenvalue weighted by Crippen LogP contribution is 2.32. The first-order valence-corrected chi connectivity index (χ1v) is 10.4. The van der Waals surface area contributed by atoms with Gasteiger partial charge in [-0.3, -0.25) is 0 Å². The molecule has 1 heterocycles. The predicted octanol–water partition coefficient (Wildman–Crippen LogP) is 1.36. The van der Waals surface area contributed by atoms with Gasteiger partial charge >= 0.3 is 0 Å². The molecule has 30 heavy (non-hydrogen) atoms. The molecule has 0 bridgehead atoms. The Bertz CT molecular complexity index is 1180. The molecule has 8 nitrogen and oxygen atoms in total. The molecule has 3 N–H and O–H groups in total. The Balaban J connectivity index is 1.92. The van der Waals surface area contributed by atoms with Crippen molar-refractivity contribution in [1.29, 1.82) is 10.5 Å². The third-order valence-electron chi connectivity index (χ3n) is 4.79. The van der Waals surface area contributed by atoms with Gasteiger partial charge in [-0.15, -0.1) is 0 Å². The molecular weight excluding hydrogens is 435 g/mol. The van der Waals surface area contributed by atoms with E-state index < -0.39 is 27.5 Å². The molecule has 3 rings (SSSR count). The smallest absolute Gasteiger partial charge is 0.244 e. The molecule has 0 saturated carbocycles. The molecule has 0 spiro atoms. The lowest BCUT2D eigenvalue weighted by molar-refractivity contribution is -0.0200. The number of nitrogens with zero attached hydrogens (tertiary/aromatic N) is 3. The van der Waals surface area contributed by atoms with Crippen LogP contribution in [0.25, 0.3) is 0 Å². The molecule has 1 fully saturated rings. The third-order valence-corrected chi connectivity index (χ3v) is 6.90. The molecule has 2 atom stereocenters. The maximum atomic E-state index is 13.9. The Hall–Kier alpha value is -2.73. The lowest BCUT2D eigenvalue weighted by Gasteiger charge is -2.27. The monoisotopic (exact) mass is 450 g/mol. The zero-order valence-electron chi connectivity index (χ0n) is 15.4. The first-order chi connectivity index (χ1) is 14.1. The lowest BCUT2D eigenvalue weighted by Crippen LogP contribution is -2.50. The fourth-order valence-electron chi connectivity index (χ4n) is 3.13. The van der Waals surface area contributed by atoms with Crippen LogP contribution in [0.15, 0.2) is 41.3 Å². The summed E-state index contributed by atoms with van der Waals surface area (Å²) in [6.07, 6.45) is -1.11. The van der Waals surface area contributed by atoms with E-state index in [1.165, 1.54) is 30.3 Å². The van der Waals surface area contributed by atoms with Gasteiger partial charge in [0, 0.05) is 24.2 Å². The number of ether oxygens (including phenoxy) is 1. The molecule has 0 unspecified atom stereocenters. The molecule has 1 aliphatic rings. The minimum absolute atomic E-state index is 0.00632. The van der Waals surface area contributed by atoms with Crippen LogP contribution < -0.4 is 10.5 Å². The number of halogens is 2. The molecule has 0 radical (unpaired) electrons. The SMILES string of the molecule is N#Cc1ccc(O[C@H]2CN(S(=O)(=O)c3ccc(Cl)cc3C#N)C[C@]2(O)CN)cc1F. The standard InChI is InChI=1S/C19H16ClFN4O4S/c20-14-2-4-17(13(5-14)8-23)30(27,28)25-9-18(19(26,10-24)11-25)29-15-3-1-12(7-22)16(21)6-15/h1-6,18,26H,9-11,24H2/t18-,19+/m0/s1. The Labute approximate surface area is 177 Å². The van der Waals surface area contributed by atoms with Crippen LogP contribution >= 0.6 is 11.6 Å². The van der Waals surface area contributed by atoms with Crippen molar-refractivity contribution in [2.45, 2.75) is 16.6 Å².